The lowest BCUT2D eigenvalue weighted by molar-refractivity contribution is -0.111. The van der Waals surface area contributed by atoms with Crippen LogP contribution in [0.25, 0.3) is 48.7 Å². The van der Waals surface area contributed by atoms with Gasteiger partial charge in [0.25, 0.3) is 0 Å². The van der Waals surface area contributed by atoms with Crippen LogP contribution in [0.1, 0.15) is 96.1 Å². The summed E-state index contributed by atoms with van der Waals surface area (Å²) in [6, 6.07) is 1.30. The van der Waals surface area contributed by atoms with Crippen molar-refractivity contribution >= 4 is 66.2 Å². The number of carbonyl (C=O) groups excluding carboxylic acids is 1. The van der Waals surface area contributed by atoms with Crippen molar-refractivity contribution in [3.63, 3.8) is 0 Å². The van der Waals surface area contributed by atoms with Gasteiger partial charge in [0.05, 0.1) is 44.1 Å². The molecule has 0 fully saturated rings. The van der Waals surface area contributed by atoms with E-state index in [0.717, 1.165) is 19.3 Å². The van der Waals surface area contributed by atoms with E-state index in [0.29, 0.717) is 71.0 Å². The lowest BCUT2D eigenvalue weighted by Crippen LogP contribution is -2.12. The molecule has 0 heterocycles. The molecule has 0 saturated carbocycles. The fourth-order valence-corrected chi connectivity index (χ4v) is 9.50. The molecule has 0 amide bonds. The third-order valence-electron chi connectivity index (χ3n) is 10.6. The van der Waals surface area contributed by atoms with Crippen molar-refractivity contribution in [3.05, 3.63) is 43.2 Å². The summed E-state index contributed by atoms with van der Waals surface area (Å²) < 4.78 is 23.6. The van der Waals surface area contributed by atoms with Crippen LogP contribution in [0.2, 0.25) is 0 Å². The van der Waals surface area contributed by atoms with Gasteiger partial charge in [-0.15, -0.1) is 11.8 Å². The molecule has 5 aromatic carbocycles. The summed E-state index contributed by atoms with van der Waals surface area (Å²) in [6.45, 7) is 5.46. The molecule has 0 spiro atoms. The van der Waals surface area contributed by atoms with Crippen molar-refractivity contribution in [1.82, 2.24) is 0 Å². The Balaban J connectivity index is 1.65. The zero-order valence-electron chi connectivity index (χ0n) is 31.2. The van der Waals surface area contributed by atoms with Crippen LogP contribution in [-0.2, 0) is 11.2 Å². The third kappa shape index (κ3) is 5.83. The molecule has 0 unspecified atom stereocenters. The Labute approximate surface area is 307 Å². The van der Waals surface area contributed by atoms with Crippen LogP contribution in [0, 0.1) is 0 Å². The summed E-state index contributed by atoms with van der Waals surface area (Å²) in [5.74, 6) is 0.229. The predicted molar refractivity (Wildman–Crippen MR) is 210 cm³/mol. The maximum Gasteiger partial charge on any atom is 0.207 e. The number of hydrogen-bond donors (Lipinski definition) is 2. The van der Waals surface area contributed by atoms with Gasteiger partial charge < -0.3 is 29.2 Å². The highest BCUT2D eigenvalue weighted by Crippen LogP contribution is 2.58. The monoisotopic (exact) mass is 728 g/mol. The number of fused-ring (bicyclic) bond motifs is 1. The Morgan fingerprint density at radius 1 is 0.692 bits per heavy atom. The number of aromatic hydroxyl groups is 2. The van der Waals surface area contributed by atoms with Gasteiger partial charge in [-0.25, -0.2) is 0 Å². The Hall–Kier alpha value is -4.44. The average Bonchev–Trinajstić information content (AvgIpc) is 3.25. The lowest BCUT2D eigenvalue weighted by Gasteiger charge is -2.25. The summed E-state index contributed by atoms with van der Waals surface area (Å²) in [5.41, 5.74) is 0.859. The van der Waals surface area contributed by atoms with E-state index in [1.165, 1.54) is 98.1 Å². The van der Waals surface area contributed by atoms with Gasteiger partial charge in [0.2, 0.25) is 5.43 Å². The fourth-order valence-electron chi connectivity index (χ4n) is 8.40. The first-order chi connectivity index (χ1) is 25.1. The van der Waals surface area contributed by atoms with Gasteiger partial charge in [-0.3, -0.25) is 14.4 Å². The molecular formula is C42H48O9S. The highest BCUT2D eigenvalue weighted by Gasteiger charge is 2.37. The zero-order chi connectivity index (χ0) is 37.4. The maximum absolute atomic E-state index is 14.7. The molecule has 1 aliphatic carbocycles. The standard InChI is InChI=1S/C42H48O9S/c1-8-9-10-11-12-13-14-15-16-17-18-52-42-38(47)35-31-27-23(39(49-5)37(35)46)19-21(2)26(22(3)43)33-30(27)32-28(36(45)40(33)50-6)24(44)20-25(48-4)29(32)34(31)41(42)51-7/h20,45-46H,8-19H2,1-7H3. The first kappa shape index (κ1) is 37.3. The van der Waals surface area contributed by atoms with Crippen LogP contribution in [-0.4, -0.2) is 50.2 Å². The van der Waals surface area contributed by atoms with Gasteiger partial charge in [-0.1, -0.05) is 70.3 Å². The molecule has 6 rings (SSSR count). The quantitative estimate of drug-likeness (QED) is 0.0414. The van der Waals surface area contributed by atoms with Crippen molar-refractivity contribution < 1.29 is 34.0 Å². The first-order valence-electron chi connectivity index (χ1n) is 18.2. The minimum Gasteiger partial charge on any atom is -0.504 e. The second-order valence-electron chi connectivity index (χ2n) is 13.8. The van der Waals surface area contributed by atoms with Crippen molar-refractivity contribution in [1.29, 1.82) is 0 Å². The highest BCUT2D eigenvalue weighted by molar-refractivity contribution is 7.99. The molecule has 2 N–H and O–H groups in total. The number of hydrogen-bond acceptors (Lipinski definition) is 10. The normalized spacial score (nSPS) is 12.9. The van der Waals surface area contributed by atoms with Crippen LogP contribution >= 0.6 is 11.8 Å². The number of rotatable bonds is 17. The Morgan fingerprint density at radius 3 is 1.85 bits per heavy atom. The molecule has 0 atom stereocenters. The number of methoxy groups -OCH3 is 4. The molecule has 5 aromatic rings. The van der Waals surface area contributed by atoms with Gasteiger partial charge in [-0.2, -0.15) is 0 Å². The van der Waals surface area contributed by atoms with Gasteiger partial charge in [0.1, 0.15) is 11.5 Å². The lowest BCUT2D eigenvalue weighted by atomic mass is 9.82. The van der Waals surface area contributed by atoms with E-state index in [-0.39, 0.29) is 46.0 Å². The van der Waals surface area contributed by atoms with Gasteiger partial charge in [0.15, 0.2) is 34.2 Å². The minimum atomic E-state index is -0.509. The summed E-state index contributed by atoms with van der Waals surface area (Å²) in [6.07, 6.45) is 12.1. The second-order valence-corrected chi connectivity index (χ2v) is 14.9. The molecule has 0 radical (unpaired) electrons. The molecule has 52 heavy (non-hydrogen) atoms. The van der Waals surface area contributed by atoms with E-state index in [2.05, 4.69) is 6.92 Å². The predicted octanol–water partition coefficient (Wildman–Crippen LogP) is 9.27. The van der Waals surface area contributed by atoms with Crippen LogP contribution < -0.4 is 29.8 Å². The number of unbranched alkanes of at least 4 members (excludes halogenated alkanes) is 9. The zero-order valence-corrected chi connectivity index (χ0v) is 32.0. The SMILES string of the molecule is CCCCCCCCCCCCSc1c(OC)c2c3c(OC)cc(=O)c4c(O)c(OC)c5c(c6c(c(OC)c(O)c(c1=O)c62)CC(C)=C5C(C)=O)c43. The molecule has 10 heteroatoms. The highest BCUT2D eigenvalue weighted by atomic mass is 32.2. The summed E-state index contributed by atoms with van der Waals surface area (Å²) >= 11 is 1.38. The summed E-state index contributed by atoms with van der Waals surface area (Å²) in [7, 11) is 5.75. The summed E-state index contributed by atoms with van der Waals surface area (Å²) in [4.78, 5) is 42.4. The van der Waals surface area contributed by atoms with Gasteiger partial charge >= 0.3 is 0 Å². The topological polar surface area (TPSA) is 129 Å². The van der Waals surface area contributed by atoms with Crippen molar-refractivity contribution in [2.45, 2.75) is 96.3 Å². The second kappa shape index (κ2) is 15.3. The van der Waals surface area contributed by atoms with Crippen LogP contribution in [0.3, 0.4) is 0 Å². The number of Topliss-reactive ketones (excluding diaryl/α,β-unsaturated/α-hetero) is 1. The number of phenols is 2. The minimum absolute atomic E-state index is 0.0153. The van der Waals surface area contributed by atoms with Gasteiger partial charge in [-0.05, 0) is 37.8 Å². The molecular weight excluding hydrogens is 681 g/mol. The molecule has 276 valence electrons. The van der Waals surface area contributed by atoms with E-state index in [4.69, 9.17) is 18.9 Å². The van der Waals surface area contributed by atoms with Crippen molar-refractivity contribution in [2.75, 3.05) is 34.2 Å². The van der Waals surface area contributed by atoms with E-state index >= 15 is 0 Å². The smallest absolute Gasteiger partial charge is 0.207 e. The molecule has 0 bridgehead atoms. The van der Waals surface area contributed by atoms with Crippen LogP contribution in [0.4, 0.5) is 0 Å². The number of ether oxygens (including phenoxy) is 4. The largest absolute Gasteiger partial charge is 0.504 e. The number of allylic oxidation sites excluding steroid dienone is 2. The Bertz CT molecular complexity index is 2340. The van der Waals surface area contributed by atoms with E-state index < -0.39 is 16.6 Å². The number of carbonyl (C=O) groups is 1. The number of benzene rings is 5. The van der Waals surface area contributed by atoms with Crippen LogP contribution in [0.5, 0.6) is 34.5 Å². The number of thioether (sulfide) groups is 1. The molecule has 9 nitrogen and oxygen atoms in total. The Kier molecular flexibility index (Phi) is 11.0. The first-order valence-corrected chi connectivity index (χ1v) is 19.2. The maximum atomic E-state index is 14.7. The van der Waals surface area contributed by atoms with Crippen molar-refractivity contribution in [3.8, 4) is 34.5 Å². The van der Waals surface area contributed by atoms with Crippen molar-refractivity contribution in [2.24, 2.45) is 0 Å². The van der Waals surface area contributed by atoms with Crippen LogP contribution in [0.15, 0.2) is 26.1 Å². The van der Waals surface area contributed by atoms with E-state index in [1.807, 2.05) is 0 Å². The Morgan fingerprint density at radius 2 is 1.27 bits per heavy atom. The molecule has 0 aliphatic heterocycles. The molecule has 0 saturated heterocycles. The molecule has 0 aromatic heterocycles. The molecule has 1 aliphatic rings. The third-order valence-corrected chi connectivity index (χ3v) is 11.8. The number of ketones is 1. The summed E-state index contributed by atoms with van der Waals surface area (Å²) in [5, 5.41) is 26.4. The van der Waals surface area contributed by atoms with E-state index in [9.17, 15) is 24.6 Å². The fraction of sp³-hybridized carbons (Fsp3) is 0.452. The van der Waals surface area contributed by atoms with E-state index in [1.54, 1.807) is 6.92 Å². The number of phenolic OH excluding ortho intramolecular Hbond substituents is 2. The van der Waals surface area contributed by atoms with Gasteiger partial charge in [0, 0.05) is 49.7 Å². The average molecular weight is 729 g/mol.